The Morgan fingerprint density at radius 1 is 0.815 bits per heavy atom. The molecule has 0 aliphatic carbocycles. The van der Waals surface area contributed by atoms with Crippen molar-refractivity contribution in [3.05, 3.63) is 46.6 Å². The summed E-state index contributed by atoms with van der Waals surface area (Å²) in [5, 5.41) is 7.92. The summed E-state index contributed by atoms with van der Waals surface area (Å²) in [6.45, 7) is 8.79. The van der Waals surface area contributed by atoms with E-state index < -0.39 is 0 Å². The van der Waals surface area contributed by atoms with Gasteiger partial charge in [0.2, 0.25) is 0 Å². The van der Waals surface area contributed by atoms with Crippen molar-refractivity contribution in [3.63, 3.8) is 0 Å². The van der Waals surface area contributed by atoms with Crippen LogP contribution in [0.1, 0.15) is 13.8 Å². The van der Waals surface area contributed by atoms with Gasteiger partial charge in [-0.05, 0) is 49.5 Å². The van der Waals surface area contributed by atoms with Crippen LogP contribution in [0.15, 0.2) is 41.2 Å². The second kappa shape index (κ2) is 9.69. The zero-order chi connectivity index (χ0) is 19.1. The molecule has 1 heterocycles. The molecule has 0 fully saturated rings. The smallest absolute Gasteiger partial charge is 0.195 e. The SMILES string of the molecule is CCNCCOc1ccc2c(=O)c3ccc(OCCNCC)cc3sc2c1. The molecule has 0 bridgehead atoms. The molecular weight excluding hydrogens is 360 g/mol. The summed E-state index contributed by atoms with van der Waals surface area (Å²) < 4.78 is 13.4. The molecule has 0 spiro atoms. The molecule has 3 aromatic rings. The molecule has 2 aromatic carbocycles. The monoisotopic (exact) mass is 386 g/mol. The summed E-state index contributed by atoms with van der Waals surface area (Å²) in [5.74, 6) is 1.57. The fourth-order valence-electron chi connectivity index (χ4n) is 2.83. The van der Waals surface area contributed by atoms with E-state index in [4.69, 9.17) is 9.47 Å². The number of hydrogen-bond acceptors (Lipinski definition) is 6. The van der Waals surface area contributed by atoms with Gasteiger partial charge < -0.3 is 20.1 Å². The van der Waals surface area contributed by atoms with Crippen molar-refractivity contribution < 1.29 is 9.47 Å². The Morgan fingerprint density at radius 2 is 1.30 bits per heavy atom. The Morgan fingerprint density at radius 3 is 1.74 bits per heavy atom. The van der Waals surface area contributed by atoms with Gasteiger partial charge in [0.25, 0.3) is 0 Å². The lowest BCUT2D eigenvalue weighted by Crippen LogP contribution is -2.20. The Bertz CT molecular complexity index is 882. The second-order valence-corrected chi connectivity index (χ2v) is 7.23. The summed E-state index contributed by atoms with van der Waals surface area (Å²) in [6.07, 6.45) is 0. The summed E-state index contributed by atoms with van der Waals surface area (Å²) >= 11 is 1.59. The maximum atomic E-state index is 12.8. The van der Waals surface area contributed by atoms with Gasteiger partial charge in [0.05, 0.1) is 0 Å². The molecule has 6 heteroatoms. The first-order valence-electron chi connectivity index (χ1n) is 9.40. The zero-order valence-electron chi connectivity index (χ0n) is 15.8. The van der Waals surface area contributed by atoms with Crippen LogP contribution in [0.25, 0.3) is 20.2 Å². The summed E-state index contributed by atoms with van der Waals surface area (Å²) in [7, 11) is 0. The Balaban J connectivity index is 1.85. The largest absolute Gasteiger partial charge is 0.492 e. The molecule has 2 N–H and O–H groups in total. The average Bonchev–Trinajstić information content (AvgIpc) is 2.68. The van der Waals surface area contributed by atoms with Crippen molar-refractivity contribution in [1.82, 2.24) is 10.6 Å². The highest BCUT2D eigenvalue weighted by atomic mass is 32.1. The first kappa shape index (κ1) is 19.6. The van der Waals surface area contributed by atoms with Crippen LogP contribution in [0, 0.1) is 0 Å². The van der Waals surface area contributed by atoms with Gasteiger partial charge in [-0.25, -0.2) is 0 Å². The van der Waals surface area contributed by atoms with Crippen LogP contribution >= 0.6 is 11.3 Å². The standard InChI is InChI=1S/C21H26N2O3S/c1-3-22-9-11-25-15-5-7-17-19(13-15)27-20-14-16(26-12-10-23-4-2)6-8-18(20)21(17)24/h5-8,13-14,22-23H,3-4,9-12H2,1-2H3. The van der Waals surface area contributed by atoms with Crippen molar-refractivity contribution in [2.24, 2.45) is 0 Å². The first-order valence-corrected chi connectivity index (χ1v) is 10.2. The van der Waals surface area contributed by atoms with E-state index in [-0.39, 0.29) is 5.43 Å². The van der Waals surface area contributed by atoms with E-state index >= 15 is 0 Å². The number of rotatable bonds is 10. The van der Waals surface area contributed by atoms with Gasteiger partial charge in [0.15, 0.2) is 5.43 Å². The number of likely N-dealkylation sites (N-methyl/N-ethyl adjacent to an activating group) is 2. The molecule has 1 aromatic heterocycles. The molecule has 0 amide bonds. The molecule has 5 nitrogen and oxygen atoms in total. The minimum atomic E-state index is 0.0529. The summed E-state index contributed by atoms with van der Waals surface area (Å²) in [6, 6.07) is 11.4. The van der Waals surface area contributed by atoms with E-state index in [0.717, 1.165) is 57.9 Å². The molecule has 0 saturated heterocycles. The van der Waals surface area contributed by atoms with E-state index in [1.807, 2.05) is 36.4 Å². The molecule has 0 radical (unpaired) electrons. The Hall–Kier alpha value is -2.15. The van der Waals surface area contributed by atoms with Gasteiger partial charge in [-0.3, -0.25) is 4.79 Å². The summed E-state index contributed by atoms with van der Waals surface area (Å²) in [4.78, 5) is 12.8. The number of hydrogen-bond donors (Lipinski definition) is 2. The van der Waals surface area contributed by atoms with Gasteiger partial charge in [-0.15, -0.1) is 11.3 Å². The molecule has 0 aliphatic heterocycles. The van der Waals surface area contributed by atoms with E-state index in [9.17, 15) is 4.79 Å². The molecule has 144 valence electrons. The lowest BCUT2D eigenvalue weighted by atomic mass is 10.2. The van der Waals surface area contributed by atoms with Gasteiger partial charge in [0.1, 0.15) is 24.7 Å². The van der Waals surface area contributed by atoms with Crippen LogP contribution < -0.4 is 25.5 Å². The van der Waals surface area contributed by atoms with Gasteiger partial charge in [-0.2, -0.15) is 0 Å². The molecule has 3 rings (SSSR count). The maximum absolute atomic E-state index is 12.8. The van der Waals surface area contributed by atoms with Crippen molar-refractivity contribution in [2.45, 2.75) is 13.8 Å². The third-order valence-corrected chi connectivity index (χ3v) is 5.33. The van der Waals surface area contributed by atoms with Crippen LogP contribution in [0.3, 0.4) is 0 Å². The number of benzene rings is 2. The first-order chi connectivity index (χ1) is 13.2. The predicted molar refractivity (Wildman–Crippen MR) is 114 cm³/mol. The average molecular weight is 387 g/mol. The Kier molecular flexibility index (Phi) is 7.04. The highest BCUT2D eigenvalue weighted by Gasteiger charge is 2.08. The normalized spacial score (nSPS) is 11.2. The van der Waals surface area contributed by atoms with E-state index in [1.165, 1.54) is 0 Å². The topological polar surface area (TPSA) is 59.6 Å². The van der Waals surface area contributed by atoms with Crippen LogP contribution in [0.2, 0.25) is 0 Å². The molecule has 0 aliphatic rings. The maximum Gasteiger partial charge on any atom is 0.195 e. The minimum absolute atomic E-state index is 0.0529. The molecular formula is C21H26N2O3S. The predicted octanol–water partition coefficient (Wildman–Crippen LogP) is 3.39. The highest BCUT2D eigenvalue weighted by molar-refractivity contribution is 7.24. The fraction of sp³-hybridized carbons (Fsp3) is 0.381. The zero-order valence-corrected chi connectivity index (χ0v) is 16.7. The lowest BCUT2D eigenvalue weighted by Gasteiger charge is -2.09. The van der Waals surface area contributed by atoms with Gasteiger partial charge in [-0.1, -0.05) is 13.8 Å². The number of fused-ring (bicyclic) bond motifs is 2. The van der Waals surface area contributed by atoms with Crippen molar-refractivity contribution in [2.75, 3.05) is 39.4 Å². The molecule has 27 heavy (non-hydrogen) atoms. The van der Waals surface area contributed by atoms with Crippen LogP contribution in [0.4, 0.5) is 0 Å². The minimum Gasteiger partial charge on any atom is -0.492 e. The second-order valence-electron chi connectivity index (χ2n) is 6.15. The van der Waals surface area contributed by atoms with Crippen molar-refractivity contribution >= 4 is 31.5 Å². The molecule has 0 saturated carbocycles. The van der Waals surface area contributed by atoms with E-state index in [1.54, 1.807) is 11.3 Å². The van der Waals surface area contributed by atoms with E-state index in [0.29, 0.717) is 13.2 Å². The van der Waals surface area contributed by atoms with Crippen LogP contribution in [0.5, 0.6) is 11.5 Å². The molecule has 0 atom stereocenters. The highest BCUT2D eigenvalue weighted by Crippen LogP contribution is 2.30. The van der Waals surface area contributed by atoms with Crippen LogP contribution in [-0.4, -0.2) is 39.4 Å². The fourth-order valence-corrected chi connectivity index (χ4v) is 3.96. The van der Waals surface area contributed by atoms with Gasteiger partial charge >= 0.3 is 0 Å². The Labute approximate surface area is 163 Å². The van der Waals surface area contributed by atoms with Crippen LogP contribution in [-0.2, 0) is 0 Å². The van der Waals surface area contributed by atoms with Crippen molar-refractivity contribution in [1.29, 1.82) is 0 Å². The lowest BCUT2D eigenvalue weighted by molar-refractivity contribution is 0.316. The number of nitrogens with one attached hydrogen (secondary N) is 2. The third kappa shape index (κ3) is 4.97. The quantitative estimate of drug-likeness (QED) is 0.413. The van der Waals surface area contributed by atoms with Gasteiger partial charge in [0, 0.05) is 33.3 Å². The molecule has 0 unspecified atom stereocenters. The van der Waals surface area contributed by atoms with E-state index in [2.05, 4.69) is 24.5 Å². The number of ether oxygens (including phenoxy) is 2. The van der Waals surface area contributed by atoms with Crippen molar-refractivity contribution in [3.8, 4) is 11.5 Å². The third-order valence-electron chi connectivity index (χ3n) is 4.21. The summed E-state index contributed by atoms with van der Waals surface area (Å²) in [5.41, 5.74) is 0.0529.